The third-order valence-electron chi connectivity index (χ3n) is 0.347. The van der Waals surface area contributed by atoms with Gasteiger partial charge in [-0.05, 0) is 0 Å². The summed E-state index contributed by atoms with van der Waals surface area (Å²) in [5.41, 5.74) is 1.79. The topological polar surface area (TPSA) is 87.7 Å². The first-order chi connectivity index (χ1) is 3.91. The summed E-state index contributed by atoms with van der Waals surface area (Å²) in [5, 5.41) is 17.2. The number of rotatable bonds is 0. The van der Waals surface area contributed by atoms with Gasteiger partial charge in [0.2, 0.25) is 0 Å². The van der Waals surface area contributed by atoms with Crippen LogP contribution in [0.15, 0.2) is 17.1 Å². The van der Waals surface area contributed by atoms with Crippen LogP contribution in [0, 0.1) is 0 Å². The Balaban J connectivity index is -0.0000000900. The normalized spacial score (nSPS) is 5.40. The molecule has 1 radical (unpaired) electrons. The van der Waals surface area contributed by atoms with E-state index in [2.05, 4.69) is 4.98 Å². The zero-order valence-electron chi connectivity index (χ0n) is 5.52. The number of thiazole rings is 1. The largest absolute Gasteiger partial charge is 1.00 e. The molecule has 0 atom stereocenters. The maximum absolute atomic E-state index is 8.36. The molecule has 0 aromatic carbocycles. The number of hydrogen-bond acceptors (Lipinski definition) is 4. The third kappa shape index (κ3) is 16.1. The van der Waals surface area contributed by atoms with Crippen LogP contribution in [-0.2, 0) is 0 Å². The van der Waals surface area contributed by atoms with Gasteiger partial charge in [0, 0.05) is 11.6 Å². The van der Waals surface area contributed by atoms with Gasteiger partial charge in [0.25, 0.3) is 0 Å². The van der Waals surface area contributed by atoms with Gasteiger partial charge in [0.05, 0.1) is 5.51 Å². The average Bonchev–Trinajstić information content (AvgIpc) is 2.17. The van der Waals surface area contributed by atoms with Crippen molar-refractivity contribution in [3.05, 3.63) is 17.1 Å². The van der Waals surface area contributed by atoms with Crippen LogP contribution in [-0.4, -0.2) is 23.2 Å². The Morgan fingerprint density at radius 3 is 2.20 bits per heavy atom. The van der Waals surface area contributed by atoms with Crippen LogP contribution < -0.4 is 56.4 Å². The van der Waals surface area contributed by atoms with Crippen LogP contribution >= 0.6 is 11.3 Å². The SMILES string of the molecule is O.[K+].[O-][B]O.c1cscn1. The minimum atomic E-state index is -0.250. The van der Waals surface area contributed by atoms with Gasteiger partial charge in [-0.25, -0.2) is 0 Å². The van der Waals surface area contributed by atoms with Crippen molar-refractivity contribution in [1.82, 2.24) is 4.98 Å². The quantitative estimate of drug-likeness (QED) is 0.412. The van der Waals surface area contributed by atoms with Crippen molar-refractivity contribution in [3.63, 3.8) is 0 Å². The molecule has 0 amide bonds. The maximum atomic E-state index is 8.36. The van der Waals surface area contributed by atoms with E-state index in [-0.39, 0.29) is 64.5 Å². The molecule has 3 N–H and O–H groups in total. The molecule has 0 unspecified atom stereocenters. The first kappa shape index (κ1) is 17.3. The first-order valence-electron chi connectivity index (χ1n) is 1.82. The van der Waals surface area contributed by atoms with Crippen molar-refractivity contribution < 1.29 is 66.9 Å². The molecule has 7 heteroatoms. The molecular formula is C3H6BKNO3S. The van der Waals surface area contributed by atoms with Crippen molar-refractivity contribution in [2.45, 2.75) is 0 Å². The van der Waals surface area contributed by atoms with E-state index >= 15 is 0 Å². The molecule has 1 rings (SSSR count). The fourth-order valence-corrected chi connectivity index (χ4v) is 0.527. The number of aromatic nitrogens is 1. The van der Waals surface area contributed by atoms with Crippen LogP contribution in [0.25, 0.3) is 0 Å². The van der Waals surface area contributed by atoms with E-state index in [0.717, 1.165) is 0 Å². The standard InChI is InChI=1S/C3H3NS.BHO2.K.H2O/c1-2-5-3-4-1;2-1-3;;/h1-3H;2H;;1H2/q;-1;+1;. The van der Waals surface area contributed by atoms with E-state index in [1.165, 1.54) is 0 Å². The Labute approximate surface area is 106 Å². The Morgan fingerprint density at radius 1 is 1.60 bits per heavy atom. The molecule has 0 bridgehead atoms. The average molecular weight is 186 g/mol. The number of nitrogens with zero attached hydrogens (tertiary/aromatic N) is 1. The smallest absolute Gasteiger partial charge is 0.861 e. The van der Waals surface area contributed by atoms with E-state index in [9.17, 15) is 0 Å². The van der Waals surface area contributed by atoms with Gasteiger partial charge >= 0.3 is 51.4 Å². The second-order valence-corrected chi connectivity index (χ2v) is 1.54. The minimum absolute atomic E-state index is 0. The van der Waals surface area contributed by atoms with E-state index in [1.807, 2.05) is 5.38 Å². The molecule has 0 spiro atoms. The second-order valence-electron chi connectivity index (χ2n) is 0.781. The molecule has 0 aliphatic carbocycles. The van der Waals surface area contributed by atoms with Gasteiger partial charge < -0.3 is 15.5 Å². The van der Waals surface area contributed by atoms with Crippen LogP contribution in [0.2, 0.25) is 0 Å². The Hall–Kier alpha value is 1.21. The van der Waals surface area contributed by atoms with Crippen molar-refractivity contribution in [1.29, 1.82) is 0 Å². The molecule has 4 nitrogen and oxygen atoms in total. The van der Waals surface area contributed by atoms with E-state index < -0.39 is 0 Å². The maximum Gasteiger partial charge on any atom is 1.00 e. The summed E-state index contributed by atoms with van der Waals surface area (Å²) in [6.07, 6.45) is 1.77. The summed E-state index contributed by atoms with van der Waals surface area (Å²) in [6.45, 7) is 0. The van der Waals surface area contributed by atoms with Crippen LogP contribution in [0.4, 0.5) is 0 Å². The number of hydrogen-bond donors (Lipinski definition) is 1. The van der Waals surface area contributed by atoms with Crippen molar-refractivity contribution in [2.24, 2.45) is 0 Å². The van der Waals surface area contributed by atoms with Gasteiger partial charge in [-0.15, -0.1) is 11.3 Å². The Morgan fingerprint density at radius 2 is 2.10 bits per heavy atom. The van der Waals surface area contributed by atoms with E-state index in [4.69, 9.17) is 10.0 Å². The molecule has 1 aromatic heterocycles. The summed E-state index contributed by atoms with van der Waals surface area (Å²) in [7, 11) is -0.250. The molecule has 0 saturated heterocycles. The molecule has 0 aliphatic heterocycles. The molecular weight excluding hydrogens is 180 g/mol. The molecule has 0 fully saturated rings. The zero-order valence-corrected chi connectivity index (χ0v) is 9.46. The third-order valence-corrected chi connectivity index (χ3v) is 0.869. The summed E-state index contributed by atoms with van der Waals surface area (Å²) in [5.74, 6) is 0. The predicted octanol–water partition coefficient (Wildman–Crippen LogP) is -4.80. The van der Waals surface area contributed by atoms with Gasteiger partial charge in [0.1, 0.15) is 0 Å². The Kier molecular flexibility index (Phi) is 28.9. The molecule has 1 heterocycles. The predicted molar refractivity (Wildman–Crippen MR) is 33.7 cm³/mol. The van der Waals surface area contributed by atoms with E-state index in [0.29, 0.717) is 0 Å². The van der Waals surface area contributed by atoms with Crippen LogP contribution in [0.3, 0.4) is 0 Å². The summed E-state index contributed by atoms with van der Waals surface area (Å²) in [6, 6.07) is 0. The molecule has 1 aromatic rings. The van der Waals surface area contributed by atoms with Gasteiger partial charge in [-0.2, -0.15) is 0 Å². The second kappa shape index (κ2) is 16.7. The monoisotopic (exact) mass is 186 g/mol. The molecule has 0 saturated carbocycles. The summed E-state index contributed by atoms with van der Waals surface area (Å²) >= 11 is 1.60. The van der Waals surface area contributed by atoms with Crippen molar-refractivity contribution >= 4 is 19.0 Å². The van der Waals surface area contributed by atoms with Crippen molar-refractivity contribution in [3.8, 4) is 0 Å². The first-order valence-corrected chi connectivity index (χ1v) is 2.76. The zero-order chi connectivity index (χ0) is 6.24. The molecule has 51 valence electrons. The molecule has 10 heavy (non-hydrogen) atoms. The summed E-state index contributed by atoms with van der Waals surface area (Å²) < 4.78 is 0. The summed E-state index contributed by atoms with van der Waals surface area (Å²) in [4.78, 5) is 3.74. The molecule has 0 aliphatic rings. The van der Waals surface area contributed by atoms with Gasteiger partial charge in [-0.3, -0.25) is 4.98 Å². The van der Waals surface area contributed by atoms with Gasteiger partial charge in [0.15, 0.2) is 7.69 Å². The van der Waals surface area contributed by atoms with Crippen LogP contribution in [0.1, 0.15) is 0 Å². The van der Waals surface area contributed by atoms with Crippen molar-refractivity contribution in [2.75, 3.05) is 0 Å². The fraction of sp³-hybridized carbons (Fsp3) is 0. The van der Waals surface area contributed by atoms with E-state index in [1.54, 1.807) is 23.0 Å². The minimum Gasteiger partial charge on any atom is -0.861 e. The van der Waals surface area contributed by atoms with Gasteiger partial charge in [-0.1, -0.05) is 0 Å². The fourth-order valence-electron chi connectivity index (χ4n) is 0.176. The van der Waals surface area contributed by atoms with Crippen LogP contribution in [0.5, 0.6) is 0 Å². The Bertz CT molecular complexity index is 90.6.